The van der Waals surface area contributed by atoms with E-state index in [1.807, 2.05) is 30.3 Å². The second kappa shape index (κ2) is 9.84. The zero-order valence-electron chi connectivity index (χ0n) is 19.1. The Morgan fingerprint density at radius 1 is 0.886 bits per heavy atom. The van der Waals surface area contributed by atoms with E-state index in [9.17, 15) is 18.4 Å². The maximum atomic E-state index is 13.5. The molecule has 0 atom stereocenters. The molecule has 0 aliphatic heterocycles. The van der Waals surface area contributed by atoms with Gasteiger partial charge in [0, 0.05) is 11.1 Å². The molecule has 0 saturated carbocycles. The van der Waals surface area contributed by atoms with Crippen molar-refractivity contribution in [2.24, 2.45) is 0 Å². The van der Waals surface area contributed by atoms with Crippen molar-refractivity contribution in [1.82, 2.24) is 20.1 Å². The lowest BCUT2D eigenvalue weighted by Crippen LogP contribution is -2.52. The summed E-state index contributed by atoms with van der Waals surface area (Å²) in [4.78, 5) is 30.0. The van der Waals surface area contributed by atoms with Crippen LogP contribution in [0.4, 0.5) is 14.7 Å². The minimum absolute atomic E-state index is 0.0364. The van der Waals surface area contributed by atoms with Gasteiger partial charge >= 0.3 is 0 Å². The van der Waals surface area contributed by atoms with Crippen LogP contribution in [-0.4, -0.2) is 32.1 Å². The first-order valence-corrected chi connectivity index (χ1v) is 10.9. The Hall–Kier alpha value is -4.40. The summed E-state index contributed by atoms with van der Waals surface area (Å²) in [5, 5.41) is 9.71. The van der Waals surface area contributed by atoms with Gasteiger partial charge in [-0.15, -0.1) is 5.10 Å². The highest BCUT2D eigenvalue weighted by atomic mass is 19.1. The van der Waals surface area contributed by atoms with Crippen LogP contribution in [0.1, 0.15) is 29.8 Å². The van der Waals surface area contributed by atoms with Crippen LogP contribution < -0.4 is 10.6 Å². The minimum Gasteiger partial charge on any atom is -0.338 e. The predicted octanol–water partition coefficient (Wildman–Crippen LogP) is 4.42. The smallest absolute Gasteiger partial charge is 0.252 e. The Kier molecular flexibility index (Phi) is 6.68. The third kappa shape index (κ3) is 5.75. The molecule has 0 unspecified atom stereocenters. The second-order valence-corrected chi connectivity index (χ2v) is 8.45. The van der Waals surface area contributed by atoms with Crippen molar-refractivity contribution in [2.75, 3.05) is 5.32 Å². The van der Waals surface area contributed by atoms with Crippen molar-refractivity contribution in [2.45, 2.75) is 25.9 Å². The van der Waals surface area contributed by atoms with Crippen molar-refractivity contribution >= 4 is 17.8 Å². The number of benzene rings is 3. The van der Waals surface area contributed by atoms with Gasteiger partial charge in [-0.05, 0) is 67.9 Å². The average Bonchev–Trinajstić information content (AvgIpc) is 3.22. The monoisotopic (exact) mass is 475 g/mol. The van der Waals surface area contributed by atoms with Crippen LogP contribution in [0.3, 0.4) is 0 Å². The number of carbonyl (C=O) groups excluding carboxylic acids is 2. The summed E-state index contributed by atoms with van der Waals surface area (Å²) in [5.41, 5.74) is 0.479. The lowest BCUT2D eigenvalue weighted by atomic mass is 10.0. The topological polar surface area (TPSA) is 88.9 Å². The van der Waals surface area contributed by atoms with E-state index >= 15 is 0 Å². The van der Waals surface area contributed by atoms with Crippen molar-refractivity contribution in [3.05, 3.63) is 102 Å². The van der Waals surface area contributed by atoms with Gasteiger partial charge in [0.15, 0.2) is 5.82 Å². The number of anilines is 1. The van der Waals surface area contributed by atoms with Gasteiger partial charge in [0.25, 0.3) is 11.8 Å². The molecular weight excluding hydrogens is 452 g/mol. The normalized spacial score (nSPS) is 11.2. The molecular formula is C26H23F2N5O2. The number of nitrogens with zero attached hydrogens (tertiary/aromatic N) is 3. The fraction of sp³-hybridized carbons (Fsp3) is 0.154. The van der Waals surface area contributed by atoms with Gasteiger partial charge in [0.05, 0.1) is 6.54 Å². The Labute approximate surface area is 200 Å². The summed E-state index contributed by atoms with van der Waals surface area (Å²) in [7, 11) is 0. The number of amides is 2. The molecule has 2 amide bonds. The molecule has 4 aromatic rings. The number of rotatable bonds is 7. The molecule has 178 valence electrons. The number of carbonyl (C=O) groups is 2. The summed E-state index contributed by atoms with van der Waals surface area (Å²) < 4.78 is 28.2. The Bertz CT molecular complexity index is 1330. The molecule has 9 heteroatoms. The van der Waals surface area contributed by atoms with Gasteiger partial charge < -0.3 is 5.32 Å². The second-order valence-electron chi connectivity index (χ2n) is 8.45. The summed E-state index contributed by atoms with van der Waals surface area (Å²) in [6, 6.07) is 20.4. The lowest BCUT2D eigenvalue weighted by molar-refractivity contribution is -0.121. The number of nitrogens with one attached hydrogen (secondary N) is 2. The molecule has 4 rings (SSSR count). The highest BCUT2D eigenvalue weighted by Gasteiger charge is 2.31. The van der Waals surface area contributed by atoms with Crippen LogP contribution in [0.15, 0.2) is 78.9 Å². The van der Waals surface area contributed by atoms with E-state index in [2.05, 4.69) is 20.7 Å². The van der Waals surface area contributed by atoms with E-state index in [1.165, 1.54) is 50.2 Å². The van der Waals surface area contributed by atoms with Crippen LogP contribution in [0.2, 0.25) is 0 Å². The van der Waals surface area contributed by atoms with Crippen LogP contribution >= 0.6 is 0 Å². The van der Waals surface area contributed by atoms with Gasteiger partial charge in [-0.2, -0.15) is 4.98 Å². The first-order valence-electron chi connectivity index (χ1n) is 10.9. The first kappa shape index (κ1) is 23.7. The van der Waals surface area contributed by atoms with Gasteiger partial charge in [-0.3, -0.25) is 14.9 Å². The Morgan fingerprint density at radius 3 is 2.11 bits per heavy atom. The van der Waals surface area contributed by atoms with Gasteiger partial charge in [0.2, 0.25) is 5.95 Å². The molecule has 0 aliphatic carbocycles. The molecule has 0 aliphatic rings. The summed E-state index contributed by atoms with van der Waals surface area (Å²) in [6.45, 7) is 3.44. The SMILES string of the molecule is CC(C)(NC(=O)c1ccc(F)cc1)C(=O)Nc1nc(-c2ccc(F)cc2)n(Cc2ccccc2)n1. The quantitative estimate of drug-likeness (QED) is 0.414. The maximum Gasteiger partial charge on any atom is 0.252 e. The number of hydrogen-bond donors (Lipinski definition) is 2. The summed E-state index contributed by atoms with van der Waals surface area (Å²) >= 11 is 0. The molecule has 1 heterocycles. The highest BCUT2D eigenvalue weighted by Crippen LogP contribution is 2.21. The molecule has 7 nitrogen and oxygen atoms in total. The number of aromatic nitrogens is 3. The summed E-state index contributed by atoms with van der Waals surface area (Å²) in [6.07, 6.45) is 0. The molecule has 0 spiro atoms. The van der Waals surface area contributed by atoms with Crippen LogP contribution in [0.5, 0.6) is 0 Å². The van der Waals surface area contributed by atoms with E-state index in [0.29, 0.717) is 17.9 Å². The van der Waals surface area contributed by atoms with E-state index in [0.717, 1.165) is 5.56 Å². The van der Waals surface area contributed by atoms with Gasteiger partial charge in [-0.1, -0.05) is 30.3 Å². The molecule has 35 heavy (non-hydrogen) atoms. The molecule has 0 radical (unpaired) electrons. The highest BCUT2D eigenvalue weighted by molar-refractivity contribution is 6.02. The van der Waals surface area contributed by atoms with Crippen molar-refractivity contribution < 1.29 is 18.4 Å². The minimum atomic E-state index is -1.33. The first-order chi connectivity index (χ1) is 16.7. The zero-order chi connectivity index (χ0) is 25.0. The largest absolute Gasteiger partial charge is 0.338 e. The van der Waals surface area contributed by atoms with Crippen molar-refractivity contribution in [3.8, 4) is 11.4 Å². The molecule has 0 saturated heterocycles. The predicted molar refractivity (Wildman–Crippen MR) is 128 cm³/mol. The third-order valence-corrected chi connectivity index (χ3v) is 5.27. The van der Waals surface area contributed by atoms with Gasteiger partial charge in [0.1, 0.15) is 17.2 Å². The van der Waals surface area contributed by atoms with E-state index < -0.39 is 23.2 Å². The molecule has 3 aromatic carbocycles. The van der Waals surface area contributed by atoms with Crippen LogP contribution in [-0.2, 0) is 11.3 Å². The van der Waals surface area contributed by atoms with E-state index in [1.54, 1.807) is 16.8 Å². The molecule has 1 aromatic heterocycles. The molecule has 2 N–H and O–H groups in total. The van der Waals surface area contributed by atoms with Crippen molar-refractivity contribution in [1.29, 1.82) is 0 Å². The van der Waals surface area contributed by atoms with Crippen LogP contribution in [0.25, 0.3) is 11.4 Å². The Morgan fingerprint density at radius 2 is 1.49 bits per heavy atom. The number of halogens is 2. The fourth-order valence-electron chi connectivity index (χ4n) is 3.35. The van der Waals surface area contributed by atoms with Crippen LogP contribution in [0, 0.1) is 11.6 Å². The molecule has 0 bridgehead atoms. The van der Waals surface area contributed by atoms with Gasteiger partial charge in [-0.25, -0.2) is 13.5 Å². The van der Waals surface area contributed by atoms with E-state index in [-0.39, 0.29) is 17.3 Å². The van der Waals surface area contributed by atoms with E-state index in [4.69, 9.17) is 0 Å². The lowest BCUT2D eigenvalue weighted by Gasteiger charge is -2.24. The van der Waals surface area contributed by atoms with Crippen molar-refractivity contribution in [3.63, 3.8) is 0 Å². The summed E-state index contributed by atoms with van der Waals surface area (Å²) in [5.74, 6) is -1.44. The fourth-order valence-corrected chi connectivity index (χ4v) is 3.35. The standard InChI is InChI=1S/C26H23F2N5O2/c1-26(2,31-23(34)19-10-14-21(28)15-11-19)24(35)30-25-29-22(18-8-12-20(27)13-9-18)33(32-25)16-17-6-4-3-5-7-17/h3-15H,16H2,1-2H3,(H,31,34)(H,30,32,35). The zero-order valence-corrected chi connectivity index (χ0v) is 19.1. The number of hydrogen-bond acceptors (Lipinski definition) is 4. The Balaban J connectivity index is 1.56. The third-order valence-electron chi connectivity index (χ3n) is 5.27. The maximum absolute atomic E-state index is 13.5. The average molecular weight is 475 g/mol. The molecule has 0 fully saturated rings.